The largest absolute Gasteiger partial charge is 0.453 e. The van der Waals surface area contributed by atoms with Crippen molar-refractivity contribution < 1.29 is 9.13 Å². The highest BCUT2D eigenvalue weighted by Gasteiger charge is 2.20. The summed E-state index contributed by atoms with van der Waals surface area (Å²) in [6, 6.07) is 14.1. The molecule has 0 spiro atoms. The molecule has 0 unspecified atom stereocenters. The van der Waals surface area contributed by atoms with Crippen molar-refractivity contribution in [1.82, 2.24) is 0 Å². The van der Waals surface area contributed by atoms with Crippen LogP contribution >= 0.6 is 0 Å². The number of nitrogens with zero attached hydrogens (tertiary/aromatic N) is 2. The molecule has 2 aromatic rings. The summed E-state index contributed by atoms with van der Waals surface area (Å²) in [5.74, 6) is 0.153. The molecule has 5 heteroatoms. The van der Waals surface area contributed by atoms with Crippen molar-refractivity contribution in [2.24, 2.45) is 10.8 Å². The van der Waals surface area contributed by atoms with Gasteiger partial charge in [0.05, 0.1) is 5.69 Å². The summed E-state index contributed by atoms with van der Waals surface area (Å²) in [6.07, 6.45) is 0. The smallest absolute Gasteiger partial charge is 0.240 e. The molecular weight excluding hydrogens is 257 g/mol. The molecule has 0 bridgehead atoms. The van der Waals surface area contributed by atoms with Gasteiger partial charge in [0.15, 0.2) is 6.73 Å². The normalized spacial score (nSPS) is 14.1. The Morgan fingerprint density at radius 1 is 1.20 bits per heavy atom. The number of hydrogen-bond acceptors (Lipinski definition) is 4. The second-order valence-corrected chi connectivity index (χ2v) is 4.43. The van der Waals surface area contributed by atoms with E-state index in [0.29, 0.717) is 18.1 Å². The van der Waals surface area contributed by atoms with E-state index in [1.807, 2.05) is 24.3 Å². The van der Waals surface area contributed by atoms with Crippen LogP contribution in [0.1, 0.15) is 11.1 Å². The molecule has 0 aliphatic carbocycles. The molecule has 1 aliphatic heterocycles. The fourth-order valence-corrected chi connectivity index (χ4v) is 2.05. The van der Waals surface area contributed by atoms with Crippen molar-refractivity contribution in [3.05, 3.63) is 65.5 Å². The van der Waals surface area contributed by atoms with E-state index in [-0.39, 0.29) is 12.5 Å². The quantitative estimate of drug-likeness (QED) is 0.932. The summed E-state index contributed by atoms with van der Waals surface area (Å²) in [4.78, 5) is 0. The Morgan fingerprint density at radius 3 is 2.85 bits per heavy atom. The van der Waals surface area contributed by atoms with E-state index in [1.54, 1.807) is 18.2 Å². The van der Waals surface area contributed by atoms with Gasteiger partial charge in [0.25, 0.3) is 0 Å². The Morgan fingerprint density at radius 2 is 2.05 bits per heavy atom. The van der Waals surface area contributed by atoms with Crippen LogP contribution in [0.2, 0.25) is 0 Å². The fraction of sp³-hybridized carbons (Fsp3) is 0.133. The van der Waals surface area contributed by atoms with Crippen molar-refractivity contribution >= 4 is 11.6 Å². The van der Waals surface area contributed by atoms with E-state index < -0.39 is 0 Å². The van der Waals surface area contributed by atoms with Crippen LogP contribution in [0.5, 0.6) is 0 Å². The average molecular weight is 271 g/mol. The Balaban J connectivity index is 1.90. The summed E-state index contributed by atoms with van der Waals surface area (Å²) in [7, 11) is 0. The van der Waals surface area contributed by atoms with Crippen molar-refractivity contribution in [3.63, 3.8) is 0 Å². The maximum Gasteiger partial charge on any atom is 0.240 e. The monoisotopic (exact) mass is 271 g/mol. The van der Waals surface area contributed by atoms with Gasteiger partial charge >= 0.3 is 0 Å². The second-order valence-electron chi connectivity index (χ2n) is 4.43. The molecule has 0 radical (unpaired) electrons. The van der Waals surface area contributed by atoms with Gasteiger partial charge in [-0.2, -0.15) is 0 Å². The fourth-order valence-electron chi connectivity index (χ4n) is 2.05. The van der Waals surface area contributed by atoms with Crippen LogP contribution in [0.3, 0.4) is 0 Å². The van der Waals surface area contributed by atoms with E-state index in [0.717, 1.165) is 11.1 Å². The van der Waals surface area contributed by atoms with Crippen LogP contribution in [0.4, 0.5) is 10.1 Å². The second kappa shape index (κ2) is 5.30. The number of ether oxygens (including phenoxy) is 1. The van der Waals surface area contributed by atoms with Crippen molar-refractivity contribution in [2.75, 3.05) is 11.7 Å². The van der Waals surface area contributed by atoms with Gasteiger partial charge in [0.2, 0.25) is 5.90 Å². The third kappa shape index (κ3) is 2.35. The number of benzene rings is 2. The highest BCUT2D eigenvalue weighted by molar-refractivity contribution is 5.96. The molecule has 4 nitrogen and oxygen atoms in total. The molecular formula is C15H14FN3O. The third-order valence-corrected chi connectivity index (χ3v) is 3.08. The van der Waals surface area contributed by atoms with Crippen molar-refractivity contribution in [3.8, 4) is 0 Å². The third-order valence-electron chi connectivity index (χ3n) is 3.08. The first kappa shape index (κ1) is 12.6. The SMILES string of the molecule is NCc1cccc(C2=NN(c3ccccc3F)CO2)c1. The van der Waals surface area contributed by atoms with E-state index in [9.17, 15) is 4.39 Å². The molecule has 0 saturated heterocycles. The standard InChI is InChI=1S/C15H14FN3O/c16-13-6-1-2-7-14(13)19-10-20-15(18-19)12-5-3-4-11(8-12)9-17/h1-8H,9-10,17H2. The van der Waals surface area contributed by atoms with Gasteiger partial charge in [-0.15, -0.1) is 5.10 Å². The first-order valence-electron chi connectivity index (χ1n) is 6.31. The van der Waals surface area contributed by atoms with Crippen LogP contribution < -0.4 is 10.7 Å². The summed E-state index contributed by atoms with van der Waals surface area (Å²) in [6.45, 7) is 0.654. The summed E-state index contributed by atoms with van der Waals surface area (Å²) >= 11 is 0. The van der Waals surface area contributed by atoms with Gasteiger partial charge < -0.3 is 10.5 Å². The molecule has 0 aromatic heterocycles. The first-order valence-corrected chi connectivity index (χ1v) is 6.31. The van der Waals surface area contributed by atoms with E-state index in [4.69, 9.17) is 10.5 Å². The van der Waals surface area contributed by atoms with Crippen LogP contribution in [0.25, 0.3) is 0 Å². The van der Waals surface area contributed by atoms with Gasteiger partial charge in [0.1, 0.15) is 5.82 Å². The number of halogens is 1. The molecule has 102 valence electrons. The van der Waals surface area contributed by atoms with Crippen LogP contribution in [-0.4, -0.2) is 12.6 Å². The van der Waals surface area contributed by atoms with Gasteiger partial charge in [0, 0.05) is 12.1 Å². The molecule has 0 fully saturated rings. The molecule has 0 atom stereocenters. The zero-order valence-electron chi connectivity index (χ0n) is 10.8. The van der Waals surface area contributed by atoms with E-state index >= 15 is 0 Å². The number of nitrogens with two attached hydrogens (primary N) is 1. The molecule has 1 aliphatic rings. The Kier molecular flexibility index (Phi) is 3.35. The molecule has 2 aromatic carbocycles. The predicted molar refractivity (Wildman–Crippen MR) is 75.7 cm³/mol. The summed E-state index contributed by atoms with van der Waals surface area (Å²) in [5.41, 5.74) is 7.85. The molecule has 0 amide bonds. The minimum absolute atomic E-state index is 0.198. The number of hydrogen-bond donors (Lipinski definition) is 1. The van der Waals surface area contributed by atoms with E-state index in [1.165, 1.54) is 11.1 Å². The van der Waals surface area contributed by atoms with Gasteiger partial charge in [-0.05, 0) is 29.8 Å². The summed E-state index contributed by atoms with van der Waals surface area (Å²) in [5, 5.41) is 5.81. The van der Waals surface area contributed by atoms with Gasteiger partial charge in [-0.3, -0.25) is 0 Å². The number of hydrazone groups is 1. The topological polar surface area (TPSA) is 50.8 Å². The molecule has 3 rings (SSSR count). The lowest BCUT2D eigenvalue weighted by Crippen LogP contribution is -2.14. The number of para-hydroxylation sites is 1. The van der Waals surface area contributed by atoms with Crippen molar-refractivity contribution in [2.45, 2.75) is 6.54 Å². The van der Waals surface area contributed by atoms with Crippen molar-refractivity contribution in [1.29, 1.82) is 0 Å². The Bertz CT molecular complexity index is 657. The minimum atomic E-state index is -0.322. The molecule has 0 saturated carbocycles. The molecule has 2 N–H and O–H groups in total. The van der Waals surface area contributed by atoms with Gasteiger partial charge in [-0.1, -0.05) is 24.3 Å². The maximum absolute atomic E-state index is 13.7. The number of rotatable bonds is 3. The van der Waals surface area contributed by atoms with Crippen LogP contribution in [-0.2, 0) is 11.3 Å². The zero-order valence-corrected chi connectivity index (χ0v) is 10.8. The predicted octanol–water partition coefficient (Wildman–Crippen LogP) is 2.44. The maximum atomic E-state index is 13.7. The summed E-state index contributed by atoms with van der Waals surface area (Å²) < 4.78 is 19.2. The van der Waals surface area contributed by atoms with Crippen LogP contribution in [0.15, 0.2) is 53.6 Å². The zero-order chi connectivity index (χ0) is 13.9. The highest BCUT2D eigenvalue weighted by atomic mass is 19.1. The number of anilines is 1. The van der Waals surface area contributed by atoms with Crippen LogP contribution in [0, 0.1) is 5.82 Å². The first-order chi connectivity index (χ1) is 9.78. The van der Waals surface area contributed by atoms with E-state index in [2.05, 4.69) is 5.10 Å². The lowest BCUT2D eigenvalue weighted by molar-refractivity contribution is 0.337. The average Bonchev–Trinajstić information content (AvgIpc) is 2.97. The van der Waals surface area contributed by atoms with Gasteiger partial charge in [-0.25, -0.2) is 9.40 Å². The molecule has 20 heavy (non-hydrogen) atoms. The minimum Gasteiger partial charge on any atom is -0.453 e. The Labute approximate surface area is 116 Å². The lowest BCUT2D eigenvalue weighted by Gasteiger charge is -2.11. The lowest BCUT2D eigenvalue weighted by atomic mass is 10.1. The highest BCUT2D eigenvalue weighted by Crippen LogP contribution is 2.23. The Hall–Kier alpha value is -2.40. The molecule has 1 heterocycles.